The van der Waals surface area contributed by atoms with E-state index in [0.29, 0.717) is 11.5 Å². The first-order valence-electron chi connectivity index (χ1n) is 4.78. The topological polar surface area (TPSA) is 68.1 Å². The van der Waals surface area contributed by atoms with Crippen molar-refractivity contribution < 1.29 is 9.31 Å². The molecule has 0 spiro atoms. The van der Waals surface area contributed by atoms with Crippen LogP contribution in [0.15, 0.2) is 42.6 Å². The Hall–Kier alpha value is -2.50. The molecule has 0 radical (unpaired) electrons. The first kappa shape index (κ1) is 11.0. The van der Waals surface area contributed by atoms with E-state index in [4.69, 9.17) is 0 Å². The van der Waals surface area contributed by atoms with Crippen LogP contribution in [0.2, 0.25) is 0 Å². The molecule has 0 bridgehead atoms. The van der Waals surface area contributed by atoms with Gasteiger partial charge in [-0.25, -0.2) is 9.37 Å². The number of hydrogen-bond acceptors (Lipinski definition) is 4. The van der Waals surface area contributed by atoms with Crippen LogP contribution in [0.1, 0.15) is 0 Å². The molecule has 0 saturated heterocycles. The maximum absolute atomic E-state index is 12.7. The molecule has 2 aromatic rings. The number of halogens is 1. The summed E-state index contributed by atoms with van der Waals surface area (Å²) in [6.07, 6.45) is 1.34. The van der Waals surface area contributed by atoms with Gasteiger partial charge >= 0.3 is 0 Å². The fraction of sp³-hybridized carbons (Fsp3) is 0. The monoisotopic (exact) mass is 233 g/mol. The summed E-state index contributed by atoms with van der Waals surface area (Å²) in [5, 5.41) is 13.4. The molecule has 5 nitrogen and oxygen atoms in total. The highest BCUT2D eigenvalue weighted by Gasteiger charge is 2.06. The van der Waals surface area contributed by atoms with E-state index in [0.717, 1.165) is 0 Å². The van der Waals surface area contributed by atoms with Crippen LogP contribution in [-0.4, -0.2) is 9.91 Å². The van der Waals surface area contributed by atoms with Crippen molar-refractivity contribution in [3.63, 3.8) is 0 Å². The second-order valence-corrected chi connectivity index (χ2v) is 3.29. The molecule has 17 heavy (non-hydrogen) atoms. The van der Waals surface area contributed by atoms with Crippen LogP contribution >= 0.6 is 0 Å². The Balaban J connectivity index is 2.21. The summed E-state index contributed by atoms with van der Waals surface area (Å²) in [5.41, 5.74) is 0.559. The van der Waals surface area contributed by atoms with E-state index in [-0.39, 0.29) is 11.5 Å². The summed E-state index contributed by atoms with van der Waals surface area (Å²) in [6, 6.07) is 8.24. The molecular weight excluding hydrogens is 225 g/mol. The lowest BCUT2D eigenvalue weighted by Crippen LogP contribution is -1.95. The molecule has 1 aromatic carbocycles. The largest absolute Gasteiger partial charge is 0.340 e. The zero-order valence-electron chi connectivity index (χ0n) is 8.63. The van der Waals surface area contributed by atoms with Gasteiger partial charge in [-0.15, -0.1) is 0 Å². The van der Waals surface area contributed by atoms with Crippen molar-refractivity contribution in [3.05, 3.63) is 58.5 Å². The van der Waals surface area contributed by atoms with E-state index < -0.39 is 4.92 Å². The molecule has 0 aliphatic carbocycles. The Morgan fingerprint density at radius 3 is 2.59 bits per heavy atom. The number of nitrogens with zero attached hydrogens (tertiary/aromatic N) is 2. The van der Waals surface area contributed by atoms with Crippen LogP contribution in [0.25, 0.3) is 0 Å². The number of aromatic nitrogens is 1. The Morgan fingerprint density at radius 1 is 1.24 bits per heavy atom. The lowest BCUT2D eigenvalue weighted by molar-refractivity contribution is -0.384. The molecule has 0 aliphatic rings. The van der Waals surface area contributed by atoms with Crippen molar-refractivity contribution in [1.82, 2.24) is 4.98 Å². The molecule has 0 unspecified atom stereocenters. The Kier molecular flexibility index (Phi) is 2.95. The zero-order valence-corrected chi connectivity index (χ0v) is 8.63. The summed E-state index contributed by atoms with van der Waals surface area (Å²) in [4.78, 5) is 14.0. The lowest BCUT2D eigenvalue weighted by Gasteiger charge is -2.04. The predicted octanol–water partition coefficient (Wildman–Crippen LogP) is 2.87. The minimum Gasteiger partial charge on any atom is -0.340 e. The number of anilines is 2. The second kappa shape index (κ2) is 4.56. The maximum Gasteiger partial charge on any atom is 0.274 e. The van der Waals surface area contributed by atoms with E-state index in [1.165, 1.54) is 42.6 Å². The minimum atomic E-state index is -0.502. The number of hydrogen-bond donors (Lipinski definition) is 1. The van der Waals surface area contributed by atoms with Crippen LogP contribution in [0.3, 0.4) is 0 Å². The molecule has 0 fully saturated rings. The van der Waals surface area contributed by atoms with Gasteiger partial charge in [0, 0.05) is 18.0 Å². The van der Waals surface area contributed by atoms with Gasteiger partial charge in [0.1, 0.15) is 11.6 Å². The van der Waals surface area contributed by atoms with Crippen molar-refractivity contribution in [2.75, 3.05) is 5.32 Å². The molecule has 1 aromatic heterocycles. The first-order chi connectivity index (χ1) is 8.15. The number of benzene rings is 1. The fourth-order valence-corrected chi connectivity index (χ4v) is 1.28. The van der Waals surface area contributed by atoms with Crippen LogP contribution in [0, 0.1) is 15.9 Å². The van der Waals surface area contributed by atoms with Crippen LogP contribution in [0.4, 0.5) is 21.6 Å². The van der Waals surface area contributed by atoms with Gasteiger partial charge < -0.3 is 5.32 Å². The van der Waals surface area contributed by atoms with Gasteiger partial charge in [-0.05, 0) is 24.3 Å². The Morgan fingerprint density at radius 2 is 1.94 bits per heavy atom. The van der Waals surface area contributed by atoms with Crippen LogP contribution in [-0.2, 0) is 0 Å². The minimum absolute atomic E-state index is 0.0513. The SMILES string of the molecule is O=[N+]([O-])c1ccnc(Nc2ccc(F)cc2)c1. The quantitative estimate of drug-likeness (QED) is 0.653. The summed E-state index contributed by atoms with van der Waals surface area (Å²) in [7, 11) is 0. The molecule has 2 rings (SSSR count). The Bertz CT molecular complexity index is 543. The fourth-order valence-electron chi connectivity index (χ4n) is 1.28. The smallest absolute Gasteiger partial charge is 0.274 e. The molecule has 0 amide bonds. The summed E-state index contributed by atoms with van der Waals surface area (Å²) < 4.78 is 12.7. The Labute approximate surface area is 96.1 Å². The number of rotatable bonds is 3. The van der Waals surface area contributed by atoms with Gasteiger partial charge in [0.25, 0.3) is 5.69 Å². The second-order valence-electron chi connectivity index (χ2n) is 3.29. The number of pyridine rings is 1. The normalized spacial score (nSPS) is 9.94. The standard InChI is InChI=1S/C11H8FN3O2/c12-8-1-3-9(4-2-8)14-11-7-10(15(16)17)5-6-13-11/h1-7H,(H,13,14). The van der Waals surface area contributed by atoms with Gasteiger partial charge in [-0.3, -0.25) is 10.1 Å². The summed E-state index contributed by atoms with van der Waals surface area (Å²) in [5.74, 6) is -0.00615. The van der Waals surface area contributed by atoms with E-state index in [9.17, 15) is 14.5 Å². The molecule has 86 valence electrons. The summed E-state index contributed by atoms with van der Waals surface area (Å²) >= 11 is 0. The molecule has 0 atom stereocenters. The molecule has 1 N–H and O–H groups in total. The van der Waals surface area contributed by atoms with E-state index in [1.54, 1.807) is 0 Å². The molecule has 0 saturated carbocycles. The van der Waals surface area contributed by atoms with Crippen LogP contribution < -0.4 is 5.32 Å². The van der Waals surface area contributed by atoms with Gasteiger partial charge in [0.05, 0.1) is 11.0 Å². The van der Waals surface area contributed by atoms with Crippen molar-refractivity contribution in [3.8, 4) is 0 Å². The van der Waals surface area contributed by atoms with E-state index in [2.05, 4.69) is 10.3 Å². The van der Waals surface area contributed by atoms with Crippen molar-refractivity contribution in [1.29, 1.82) is 0 Å². The van der Waals surface area contributed by atoms with Crippen molar-refractivity contribution in [2.24, 2.45) is 0 Å². The predicted molar refractivity (Wildman–Crippen MR) is 60.6 cm³/mol. The molecule has 0 aliphatic heterocycles. The third-order valence-corrected chi connectivity index (χ3v) is 2.07. The van der Waals surface area contributed by atoms with Gasteiger partial charge in [-0.2, -0.15) is 0 Å². The molecular formula is C11H8FN3O2. The van der Waals surface area contributed by atoms with Gasteiger partial charge in [-0.1, -0.05) is 0 Å². The lowest BCUT2D eigenvalue weighted by atomic mass is 10.3. The average molecular weight is 233 g/mol. The first-order valence-corrected chi connectivity index (χ1v) is 4.78. The van der Waals surface area contributed by atoms with E-state index >= 15 is 0 Å². The van der Waals surface area contributed by atoms with Gasteiger partial charge in [0.15, 0.2) is 0 Å². The number of nitro groups is 1. The van der Waals surface area contributed by atoms with Crippen molar-refractivity contribution >= 4 is 17.2 Å². The molecule has 1 heterocycles. The highest BCUT2D eigenvalue weighted by molar-refractivity contribution is 5.58. The molecule has 6 heteroatoms. The summed E-state index contributed by atoms with van der Waals surface area (Å²) in [6.45, 7) is 0. The zero-order chi connectivity index (χ0) is 12.3. The number of nitrogens with one attached hydrogen (secondary N) is 1. The average Bonchev–Trinajstić information content (AvgIpc) is 2.32. The van der Waals surface area contributed by atoms with Crippen LogP contribution in [0.5, 0.6) is 0 Å². The van der Waals surface area contributed by atoms with Gasteiger partial charge in [0.2, 0.25) is 0 Å². The third-order valence-electron chi connectivity index (χ3n) is 2.07. The third kappa shape index (κ3) is 2.75. The maximum atomic E-state index is 12.7. The van der Waals surface area contributed by atoms with Crippen molar-refractivity contribution in [2.45, 2.75) is 0 Å². The highest BCUT2D eigenvalue weighted by atomic mass is 19.1. The van der Waals surface area contributed by atoms with E-state index in [1.807, 2.05) is 0 Å². The highest BCUT2D eigenvalue weighted by Crippen LogP contribution is 2.18.